The van der Waals surface area contributed by atoms with Gasteiger partial charge in [0.2, 0.25) is 11.7 Å². The maximum Gasteiger partial charge on any atom is 0.306 e. The maximum atomic E-state index is 12.3. The highest BCUT2D eigenvalue weighted by atomic mass is 16.5. The van der Waals surface area contributed by atoms with Gasteiger partial charge in [-0.25, -0.2) is 0 Å². The molecule has 1 atom stereocenters. The number of amides is 1. The Morgan fingerprint density at radius 3 is 2.41 bits per heavy atom. The number of benzene rings is 2. The van der Waals surface area contributed by atoms with Gasteiger partial charge in [-0.3, -0.25) is 9.59 Å². The average Bonchev–Trinajstić information content (AvgIpc) is 3.25. The smallest absolute Gasteiger partial charge is 0.306 e. The van der Waals surface area contributed by atoms with Crippen LogP contribution in [0.5, 0.6) is 0 Å². The molecule has 3 aromatic rings. The van der Waals surface area contributed by atoms with E-state index in [2.05, 4.69) is 10.1 Å². The molecule has 0 saturated heterocycles. The number of carbonyl (C=O) groups excluding carboxylic acids is 2. The van der Waals surface area contributed by atoms with E-state index >= 15 is 0 Å². The first kappa shape index (κ1) is 20.3. The van der Waals surface area contributed by atoms with Crippen LogP contribution in [0.4, 0.5) is 0 Å². The SMILES string of the molecule is CC(c1ccccc1)N(C)C(=O)COC(=O)CCc1nc(-c2ccccc2)no1. The van der Waals surface area contributed by atoms with Crippen molar-refractivity contribution in [1.82, 2.24) is 15.0 Å². The number of hydrogen-bond acceptors (Lipinski definition) is 6. The summed E-state index contributed by atoms with van der Waals surface area (Å²) in [5, 5.41) is 3.91. The summed E-state index contributed by atoms with van der Waals surface area (Å²) in [6, 6.07) is 19.0. The third-order valence-corrected chi connectivity index (χ3v) is 4.66. The first-order valence-electron chi connectivity index (χ1n) is 9.39. The molecular weight excluding hydrogens is 370 g/mol. The Balaban J connectivity index is 1.44. The second kappa shape index (κ2) is 9.64. The molecule has 2 aromatic carbocycles. The van der Waals surface area contributed by atoms with Gasteiger partial charge in [-0.15, -0.1) is 0 Å². The predicted octanol–water partition coefficient (Wildman–Crippen LogP) is 3.43. The van der Waals surface area contributed by atoms with Crippen molar-refractivity contribution in [3.63, 3.8) is 0 Å². The molecule has 0 radical (unpaired) electrons. The number of esters is 1. The Labute approximate surface area is 169 Å². The molecule has 0 fully saturated rings. The molecule has 0 aliphatic carbocycles. The number of aryl methyl sites for hydroxylation is 1. The van der Waals surface area contributed by atoms with Crippen LogP contribution in [0.3, 0.4) is 0 Å². The Kier molecular flexibility index (Phi) is 6.73. The highest BCUT2D eigenvalue weighted by Gasteiger charge is 2.19. The van der Waals surface area contributed by atoms with Crippen LogP contribution in [-0.4, -0.2) is 40.6 Å². The van der Waals surface area contributed by atoms with E-state index in [4.69, 9.17) is 9.26 Å². The van der Waals surface area contributed by atoms with Crippen LogP contribution >= 0.6 is 0 Å². The van der Waals surface area contributed by atoms with Gasteiger partial charge in [0.1, 0.15) is 0 Å². The second-order valence-corrected chi connectivity index (χ2v) is 6.63. The number of hydrogen-bond donors (Lipinski definition) is 0. The Bertz CT molecular complexity index is 941. The zero-order valence-electron chi connectivity index (χ0n) is 16.4. The van der Waals surface area contributed by atoms with Gasteiger partial charge in [0, 0.05) is 19.0 Å². The number of carbonyl (C=O) groups is 2. The maximum absolute atomic E-state index is 12.3. The van der Waals surface area contributed by atoms with Crippen LogP contribution in [0.25, 0.3) is 11.4 Å². The standard InChI is InChI=1S/C22H23N3O4/c1-16(17-9-5-3-6-10-17)25(2)20(26)15-28-21(27)14-13-19-23-22(24-29-19)18-11-7-4-8-12-18/h3-12,16H,13-15H2,1-2H3. The molecule has 0 aliphatic heterocycles. The van der Waals surface area contributed by atoms with Crippen LogP contribution in [0, 0.1) is 0 Å². The van der Waals surface area contributed by atoms with E-state index < -0.39 is 5.97 Å². The predicted molar refractivity (Wildman–Crippen MR) is 107 cm³/mol. The number of nitrogens with zero attached hydrogens (tertiary/aromatic N) is 3. The third kappa shape index (κ3) is 5.51. The highest BCUT2D eigenvalue weighted by Crippen LogP contribution is 2.18. The molecule has 7 heteroatoms. The van der Waals surface area contributed by atoms with Crippen LogP contribution in [0.1, 0.15) is 30.8 Å². The van der Waals surface area contributed by atoms with E-state index in [1.165, 1.54) is 0 Å². The van der Waals surface area contributed by atoms with Gasteiger partial charge in [0.05, 0.1) is 12.5 Å². The Morgan fingerprint density at radius 1 is 1.07 bits per heavy atom. The summed E-state index contributed by atoms with van der Waals surface area (Å²) >= 11 is 0. The zero-order chi connectivity index (χ0) is 20.6. The summed E-state index contributed by atoms with van der Waals surface area (Å²) in [6.45, 7) is 1.63. The average molecular weight is 393 g/mol. The fourth-order valence-electron chi connectivity index (χ4n) is 2.76. The normalized spacial score (nSPS) is 11.7. The van der Waals surface area contributed by atoms with Crippen molar-refractivity contribution in [3.8, 4) is 11.4 Å². The van der Waals surface area contributed by atoms with Crippen LogP contribution in [0.2, 0.25) is 0 Å². The molecule has 3 rings (SSSR count). The minimum Gasteiger partial charge on any atom is -0.456 e. The van der Waals surface area contributed by atoms with Gasteiger partial charge in [-0.2, -0.15) is 4.98 Å². The summed E-state index contributed by atoms with van der Waals surface area (Å²) in [7, 11) is 1.69. The van der Waals surface area contributed by atoms with Crippen LogP contribution in [-0.2, 0) is 20.7 Å². The highest BCUT2D eigenvalue weighted by molar-refractivity contribution is 5.80. The van der Waals surface area contributed by atoms with Gasteiger partial charge in [0.15, 0.2) is 6.61 Å². The van der Waals surface area contributed by atoms with E-state index in [0.29, 0.717) is 11.7 Å². The lowest BCUT2D eigenvalue weighted by atomic mass is 10.1. The molecule has 29 heavy (non-hydrogen) atoms. The molecule has 1 amide bonds. The van der Waals surface area contributed by atoms with Crippen molar-refractivity contribution in [2.75, 3.05) is 13.7 Å². The quantitative estimate of drug-likeness (QED) is 0.545. The van der Waals surface area contributed by atoms with E-state index in [0.717, 1.165) is 11.1 Å². The number of rotatable bonds is 8. The monoisotopic (exact) mass is 393 g/mol. The topological polar surface area (TPSA) is 85.5 Å². The van der Waals surface area contributed by atoms with Crippen molar-refractivity contribution in [2.45, 2.75) is 25.8 Å². The summed E-state index contributed by atoms with van der Waals surface area (Å²) < 4.78 is 10.3. The molecule has 1 unspecified atom stereocenters. The third-order valence-electron chi connectivity index (χ3n) is 4.66. The second-order valence-electron chi connectivity index (χ2n) is 6.63. The van der Waals surface area contributed by atoms with Crippen molar-refractivity contribution in [2.24, 2.45) is 0 Å². The molecule has 0 spiro atoms. The van der Waals surface area contributed by atoms with E-state index in [-0.39, 0.29) is 31.4 Å². The van der Waals surface area contributed by atoms with Gasteiger partial charge >= 0.3 is 5.97 Å². The summed E-state index contributed by atoms with van der Waals surface area (Å²) in [5.41, 5.74) is 1.85. The molecule has 7 nitrogen and oxygen atoms in total. The lowest BCUT2D eigenvalue weighted by Crippen LogP contribution is -2.33. The first-order valence-corrected chi connectivity index (χ1v) is 9.39. The lowest BCUT2D eigenvalue weighted by Gasteiger charge is -2.25. The largest absolute Gasteiger partial charge is 0.456 e. The van der Waals surface area contributed by atoms with E-state index in [1.807, 2.05) is 67.6 Å². The van der Waals surface area contributed by atoms with Crippen LogP contribution in [0.15, 0.2) is 65.2 Å². The van der Waals surface area contributed by atoms with Gasteiger partial charge in [-0.05, 0) is 12.5 Å². The Hall–Kier alpha value is -3.48. The van der Waals surface area contributed by atoms with E-state index in [1.54, 1.807) is 11.9 Å². The van der Waals surface area contributed by atoms with Crippen molar-refractivity contribution in [3.05, 3.63) is 72.1 Å². The molecule has 0 bridgehead atoms. The van der Waals surface area contributed by atoms with Crippen molar-refractivity contribution >= 4 is 11.9 Å². The fourth-order valence-corrected chi connectivity index (χ4v) is 2.76. The molecule has 150 valence electrons. The molecule has 1 heterocycles. The molecule has 1 aromatic heterocycles. The molecular formula is C22H23N3O4. The Morgan fingerprint density at radius 2 is 1.72 bits per heavy atom. The summed E-state index contributed by atoms with van der Waals surface area (Å²) in [4.78, 5) is 30.1. The summed E-state index contributed by atoms with van der Waals surface area (Å²) in [6.07, 6.45) is 0.310. The van der Waals surface area contributed by atoms with Crippen molar-refractivity contribution in [1.29, 1.82) is 0 Å². The number of ether oxygens (including phenoxy) is 1. The van der Waals surface area contributed by atoms with Crippen molar-refractivity contribution < 1.29 is 18.8 Å². The van der Waals surface area contributed by atoms with Crippen LogP contribution < -0.4 is 0 Å². The summed E-state index contributed by atoms with van der Waals surface area (Å²) in [5.74, 6) is 0.0695. The van der Waals surface area contributed by atoms with Gasteiger partial charge < -0.3 is 14.2 Å². The molecule has 0 aliphatic rings. The van der Waals surface area contributed by atoms with E-state index in [9.17, 15) is 9.59 Å². The minimum absolute atomic E-state index is 0.0572. The number of likely N-dealkylation sites (N-methyl/N-ethyl adjacent to an activating group) is 1. The number of aromatic nitrogens is 2. The lowest BCUT2D eigenvalue weighted by molar-refractivity contribution is -0.152. The minimum atomic E-state index is -0.487. The van der Waals surface area contributed by atoms with Gasteiger partial charge in [-0.1, -0.05) is 65.8 Å². The molecule has 0 saturated carbocycles. The molecule has 0 N–H and O–H groups in total. The first-order chi connectivity index (χ1) is 14.0. The van der Waals surface area contributed by atoms with Gasteiger partial charge in [0.25, 0.3) is 5.91 Å². The fraction of sp³-hybridized carbons (Fsp3) is 0.273. The zero-order valence-corrected chi connectivity index (χ0v) is 16.4.